The number of nitrogens with zero attached hydrogens (tertiary/aromatic N) is 2. The molecule has 2 amide bonds. The maximum atomic E-state index is 12.5. The van der Waals surface area contributed by atoms with Crippen molar-refractivity contribution in [3.63, 3.8) is 0 Å². The smallest absolute Gasteiger partial charge is 0.227 e. The van der Waals surface area contributed by atoms with Crippen LogP contribution in [0.3, 0.4) is 0 Å². The van der Waals surface area contributed by atoms with Crippen molar-refractivity contribution in [2.45, 2.75) is 26.2 Å². The Labute approximate surface area is 143 Å². The largest absolute Gasteiger partial charge is 0.497 e. The molecular weight excluding hydrogens is 308 g/mol. The van der Waals surface area contributed by atoms with Gasteiger partial charge in [0.2, 0.25) is 11.8 Å². The molecule has 6 heteroatoms. The van der Waals surface area contributed by atoms with E-state index in [2.05, 4.69) is 0 Å². The van der Waals surface area contributed by atoms with Gasteiger partial charge in [-0.15, -0.1) is 0 Å². The predicted molar refractivity (Wildman–Crippen MR) is 91.3 cm³/mol. The molecule has 0 bridgehead atoms. The second-order valence-electron chi connectivity index (χ2n) is 5.87. The fourth-order valence-electron chi connectivity index (χ4n) is 2.85. The number of hydrogen-bond acceptors (Lipinski definition) is 4. The van der Waals surface area contributed by atoms with Gasteiger partial charge in [0, 0.05) is 44.2 Å². The van der Waals surface area contributed by atoms with E-state index in [1.807, 2.05) is 28.9 Å². The van der Waals surface area contributed by atoms with Crippen molar-refractivity contribution in [1.29, 1.82) is 0 Å². The highest BCUT2D eigenvalue weighted by molar-refractivity contribution is 5.80. The number of rotatable bonds is 6. The molecule has 2 rings (SSSR count). The Kier molecular flexibility index (Phi) is 6.46. The number of ether oxygens (including phenoxy) is 2. The Morgan fingerprint density at radius 2 is 1.62 bits per heavy atom. The lowest BCUT2D eigenvalue weighted by Gasteiger charge is -2.35. The molecule has 132 valence electrons. The summed E-state index contributed by atoms with van der Waals surface area (Å²) in [5, 5.41) is 0. The Morgan fingerprint density at radius 1 is 1.00 bits per heavy atom. The zero-order chi connectivity index (χ0) is 17.5. The van der Waals surface area contributed by atoms with E-state index in [1.165, 1.54) is 0 Å². The first-order valence-corrected chi connectivity index (χ1v) is 8.35. The SMILES string of the molecule is CCCC(=O)N1CCN(C(=O)Cc2ccc(OC)cc2OC)CC1. The Hall–Kier alpha value is -2.24. The van der Waals surface area contributed by atoms with Crippen molar-refractivity contribution in [1.82, 2.24) is 9.80 Å². The van der Waals surface area contributed by atoms with Crippen LogP contribution in [0.15, 0.2) is 18.2 Å². The van der Waals surface area contributed by atoms with Crippen molar-refractivity contribution >= 4 is 11.8 Å². The molecule has 0 aliphatic carbocycles. The second-order valence-corrected chi connectivity index (χ2v) is 5.87. The van der Waals surface area contributed by atoms with E-state index in [9.17, 15) is 9.59 Å². The number of hydrogen-bond donors (Lipinski definition) is 0. The first-order valence-electron chi connectivity index (χ1n) is 8.35. The lowest BCUT2D eigenvalue weighted by molar-refractivity contribution is -0.139. The maximum absolute atomic E-state index is 12.5. The van der Waals surface area contributed by atoms with Gasteiger partial charge in [0.25, 0.3) is 0 Å². The first kappa shape index (κ1) is 18.1. The third-order valence-corrected chi connectivity index (χ3v) is 4.28. The third kappa shape index (κ3) is 4.40. The zero-order valence-corrected chi connectivity index (χ0v) is 14.7. The summed E-state index contributed by atoms with van der Waals surface area (Å²) in [5.74, 6) is 1.59. The van der Waals surface area contributed by atoms with Gasteiger partial charge in [-0.1, -0.05) is 13.0 Å². The van der Waals surface area contributed by atoms with E-state index in [-0.39, 0.29) is 18.2 Å². The number of carbonyl (C=O) groups excluding carboxylic acids is 2. The quantitative estimate of drug-likeness (QED) is 0.795. The van der Waals surface area contributed by atoms with Crippen LogP contribution < -0.4 is 9.47 Å². The van der Waals surface area contributed by atoms with Gasteiger partial charge in [-0.3, -0.25) is 9.59 Å². The van der Waals surface area contributed by atoms with Crippen LogP contribution in [-0.4, -0.2) is 62.0 Å². The second kappa shape index (κ2) is 8.57. The van der Waals surface area contributed by atoms with Gasteiger partial charge in [0.1, 0.15) is 11.5 Å². The normalized spacial score (nSPS) is 14.5. The van der Waals surface area contributed by atoms with Gasteiger partial charge in [-0.2, -0.15) is 0 Å². The van der Waals surface area contributed by atoms with Crippen LogP contribution in [0.4, 0.5) is 0 Å². The number of carbonyl (C=O) groups is 2. The fraction of sp³-hybridized carbons (Fsp3) is 0.556. The average molecular weight is 334 g/mol. The first-order chi connectivity index (χ1) is 11.6. The standard InChI is InChI=1S/C18H26N2O4/c1-4-5-17(21)19-8-10-20(11-9-19)18(22)12-14-6-7-15(23-2)13-16(14)24-3/h6-7,13H,4-5,8-12H2,1-3H3. The molecule has 0 N–H and O–H groups in total. The van der Waals surface area contributed by atoms with Gasteiger partial charge >= 0.3 is 0 Å². The van der Waals surface area contributed by atoms with Crippen molar-refractivity contribution in [3.8, 4) is 11.5 Å². The topological polar surface area (TPSA) is 59.1 Å². The molecule has 24 heavy (non-hydrogen) atoms. The molecule has 1 aromatic rings. The summed E-state index contributed by atoms with van der Waals surface area (Å²) in [5.41, 5.74) is 0.841. The van der Waals surface area contributed by atoms with Crippen LogP contribution in [0.5, 0.6) is 11.5 Å². The summed E-state index contributed by atoms with van der Waals surface area (Å²) in [7, 11) is 3.18. The summed E-state index contributed by atoms with van der Waals surface area (Å²) in [6.07, 6.45) is 1.72. The summed E-state index contributed by atoms with van der Waals surface area (Å²) in [4.78, 5) is 28.1. The molecular formula is C18H26N2O4. The highest BCUT2D eigenvalue weighted by atomic mass is 16.5. The highest BCUT2D eigenvalue weighted by Gasteiger charge is 2.24. The summed E-state index contributed by atoms with van der Waals surface area (Å²) in [6.45, 7) is 4.41. The van der Waals surface area contributed by atoms with Gasteiger partial charge in [-0.25, -0.2) is 0 Å². The molecule has 1 aliphatic heterocycles. The maximum Gasteiger partial charge on any atom is 0.227 e. The zero-order valence-electron chi connectivity index (χ0n) is 14.7. The summed E-state index contributed by atoms with van der Waals surface area (Å²) >= 11 is 0. The summed E-state index contributed by atoms with van der Waals surface area (Å²) in [6, 6.07) is 5.47. The summed E-state index contributed by atoms with van der Waals surface area (Å²) < 4.78 is 10.5. The van der Waals surface area contributed by atoms with Crippen LogP contribution in [0.1, 0.15) is 25.3 Å². The minimum Gasteiger partial charge on any atom is -0.497 e. The number of methoxy groups -OCH3 is 2. The Morgan fingerprint density at radius 3 is 2.17 bits per heavy atom. The molecule has 0 radical (unpaired) electrons. The third-order valence-electron chi connectivity index (χ3n) is 4.28. The van der Waals surface area contributed by atoms with Crippen molar-refractivity contribution < 1.29 is 19.1 Å². The Bertz CT molecular complexity index is 580. The number of amides is 2. The van der Waals surface area contributed by atoms with Crippen molar-refractivity contribution in [2.24, 2.45) is 0 Å². The van der Waals surface area contributed by atoms with E-state index >= 15 is 0 Å². The van der Waals surface area contributed by atoms with Crippen molar-refractivity contribution in [3.05, 3.63) is 23.8 Å². The molecule has 6 nitrogen and oxygen atoms in total. The van der Waals surface area contributed by atoms with Crippen LogP contribution >= 0.6 is 0 Å². The molecule has 0 atom stereocenters. The van der Waals surface area contributed by atoms with Crippen LogP contribution in [0.25, 0.3) is 0 Å². The van der Waals surface area contributed by atoms with E-state index in [1.54, 1.807) is 20.3 Å². The molecule has 1 heterocycles. The minimum absolute atomic E-state index is 0.0565. The molecule has 0 unspecified atom stereocenters. The molecule has 0 aromatic heterocycles. The molecule has 1 aromatic carbocycles. The lowest BCUT2D eigenvalue weighted by atomic mass is 10.1. The molecule has 1 saturated heterocycles. The lowest BCUT2D eigenvalue weighted by Crippen LogP contribution is -2.50. The Balaban J connectivity index is 1.93. The fourth-order valence-corrected chi connectivity index (χ4v) is 2.85. The minimum atomic E-state index is 0.0565. The van der Waals surface area contributed by atoms with E-state index in [4.69, 9.17) is 9.47 Å². The molecule has 1 fully saturated rings. The highest BCUT2D eigenvalue weighted by Crippen LogP contribution is 2.25. The average Bonchev–Trinajstić information content (AvgIpc) is 2.62. The van der Waals surface area contributed by atoms with Gasteiger partial charge in [0.05, 0.1) is 20.6 Å². The van der Waals surface area contributed by atoms with Crippen LogP contribution in [0, 0.1) is 0 Å². The van der Waals surface area contributed by atoms with Crippen molar-refractivity contribution in [2.75, 3.05) is 40.4 Å². The van der Waals surface area contributed by atoms with Crippen LogP contribution in [-0.2, 0) is 16.0 Å². The number of piperazine rings is 1. The van der Waals surface area contributed by atoms with Gasteiger partial charge < -0.3 is 19.3 Å². The monoisotopic (exact) mass is 334 g/mol. The van der Waals surface area contributed by atoms with Gasteiger partial charge in [0.15, 0.2) is 0 Å². The van der Waals surface area contributed by atoms with Crippen LogP contribution in [0.2, 0.25) is 0 Å². The number of benzene rings is 1. The molecule has 1 aliphatic rings. The molecule has 0 saturated carbocycles. The molecule has 0 spiro atoms. The van der Waals surface area contributed by atoms with E-state index < -0.39 is 0 Å². The van der Waals surface area contributed by atoms with E-state index in [0.29, 0.717) is 44.1 Å². The van der Waals surface area contributed by atoms with E-state index in [0.717, 1.165) is 12.0 Å². The van der Waals surface area contributed by atoms with Gasteiger partial charge in [-0.05, 0) is 12.5 Å². The predicted octanol–water partition coefficient (Wildman–Crippen LogP) is 1.72.